The molecule has 0 saturated carbocycles. The minimum Gasteiger partial charge on any atom is -0.377 e. The Bertz CT molecular complexity index is 586. The van der Waals surface area contributed by atoms with Crippen molar-refractivity contribution in [2.75, 3.05) is 0 Å². The Morgan fingerprint density at radius 1 is 0.833 bits per heavy atom. The topological polar surface area (TPSA) is 64.9 Å². The van der Waals surface area contributed by atoms with Gasteiger partial charge < -0.3 is 11.5 Å². The van der Waals surface area contributed by atoms with E-state index >= 15 is 0 Å². The molecule has 0 atom stereocenters. The van der Waals surface area contributed by atoms with Crippen LogP contribution in [0.2, 0.25) is 0 Å². The van der Waals surface area contributed by atoms with Crippen molar-refractivity contribution < 1.29 is 0 Å². The number of benzene rings is 2. The highest BCUT2D eigenvalue weighted by molar-refractivity contribution is 7.80. The van der Waals surface area contributed by atoms with Gasteiger partial charge in [-0.05, 0) is 30.4 Å². The first-order valence-corrected chi connectivity index (χ1v) is 5.87. The zero-order valence-electron chi connectivity index (χ0n) is 9.71. The maximum absolute atomic E-state index is 4.62. The maximum Gasteiger partial charge on any atom is 0.160 e. The van der Waals surface area contributed by atoms with Gasteiger partial charge in [0.25, 0.3) is 0 Å². The van der Waals surface area contributed by atoms with E-state index in [2.05, 4.69) is 46.9 Å². The van der Waals surface area contributed by atoms with E-state index in [1.807, 2.05) is 36.4 Å². The molecule has 90 valence electrons. The molecule has 3 aromatic rings. The number of hydrogen-bond acceptors (Lipinski definition) is 2. The maximum atomic E-state index is 4.62. The first kappa shape index (κ1) is 12.3. The van der Waals surface area contributed by atoms with Gasteiger partial charge in [0.05, 0.1) is 11.0 Å². The van der Waals surface area contributed by atoms with Crippen LogP contribution >= 0.6 is 12.2 Å². The number of thiocarbonyl (C=S) groups is 1. The largest absolute Gasteiger partial charge is 0.377 e. The van der Waals surface area contributed by atoms with E-state index in [9.17, 15) is 0 Å². The zero-order chi connectivity index (χ0) is 13.0. The second-order valence-corrected chi connectivity index (χ2v) is 4.25. The van der Waals surface area contributed by atoms with Gasteiger partial charge in [0.1, 0.15) is 0 Å². The lowest BCUT2D eigenvalue weighted by Gasteiger charge is -1.99. The lowest BCUT2D eigenvalue weighted by Crippen LogP contribution is -2.18. The molecule has 0 bridgehead atoms. The summed E-state index contributed by atoms with van der Waals surface area (Å²) in [6.45, 7) is 0. The molecule has 0 unspecified atom stereocenters. The molecule has 4 N–H and O–H groups in total. The molecule has 0 amide bonds. The lowest BCUT2D eigenvalue weighted by molar-refractivity contribution is 1.50. The van der Waals surface area contributed by atoms with E-state index in [0.29, 0.717) is 0 Å². The van der Waals surface area contributed by atoms with Gasteiger partial charge in [-0.1, -0.05) is 36.4 Å². The van der Waals surface area contributed by atoms with Crippen molar-refractivity contribution in [1.29, 1.82) is 0 Å². The summed E-state index contributed by atoms with van der Waals surface area (Å²) in [6.07, 6.45) is 0. The van der Waals surface area contributed by atoms with Crippen molar-refractivity contribution in [1.82, 2.24) is 4.98 Å². The number of nitrogens with zero attached hydrogens (tertiary/aromatic N) is 1. The van der Waals surface area contributed by atoms with Gasteiger partial charge in [-0.25, -0.2) is 4.98 Å². The Balaban J connectivity index is 0.000000267. The highest BCUT2D eigenvalue weighted by atomic mass is 32.1. The van der Waals surface area contributed by atoms with E-state index in [1.165, 1.54) is 10.8 Å². The van der Waals surface area contributed by atoms with Crippen LogP contribution in [0.1, 0.15) is 0 Å². The number of fused-ring (bicyclic) bond motifs is 2. The molecule has 3 nitrogen and oxygen atoms in total. The number of para-hydroxylation sites is 2. The SMILES string of the molecule is NC(N)=S.c1ccc2nc3ccccc3cc2c1. The molecule has 18 heavy (non-hydrogen) atoms. The molecule has 0 saturated heterocycles. The summed E-state index contributed by atoms with van der Waals surface area (Å²) in [5.41, 5.74) is 11.4. The van der Waals surface area contributed by atoms with Crippen molar-refractivity contribution in [2.45, 2.75) is 0 Å². The highest BCUT2D eigenvalue weighted by Gasteiger charge is 1.96. The summed E-state index contributed by atoms with van der Waals surface area (Å²) in [4.78, 5) is 4.58. The average molecular weight is 255 g/mol. The number of nitrogens with two attached hydrogens (primary N) is 2. The van der Waals surface area contributed by atoms with Crippen LogP contribution in [-0.4, -0.2) is 10.1 Å². The summed E-state index contributed by atoms with van der Waals surface area (Å²) in [6, 6.07) is 18.6. The van der Waals surface area contributed by atoms with E-state index < -0.39 is 0 Å². The average Bonchev–Trinajstić information content (AvgIpc) is 2.35. The standard InChI is InChI=1S/C13H9N.CH4N2S/c1-3-7-12-10(5-1)9-11-6-2-4-8-13(11)14-12;2-1(3)4/h1-9H;(H4,2,3,4). The van der Waals surface area contributed by atoms with E-state index in [0.717, 1.165) is 11.0 Å². The number of hydrogen-bond donors (Lipinski definition) is 2. The van der Waals surface area contributed by atoms with Crippen LogP contribution in [-0.2, 0) is 0 Å². The molecule has 0 radical (unpaired) electrons. The van der Waals surface area contributed by atoms with Crippen molar-refractivity contribution in [3.05, 3.63) is 54.6 Å². The summed E-state index contributed by atoms with van der Waals surface area (Å²) in [5, 5.41) is 2.40. The van der Waals surface area contributed by atoms with Crippen LogP contribution in [0.3, 0.4) is 0 Å². The molecule has 1 heterocycles. The van der Waals surface area contributed by atoms with Crippen LogP contribution in [0.15, 0.2) is 54.6 Å². The Labute approximate surface area is 110 Å². The van der Waals surface area contributed by atoms with E-state index in [-0.39, 0.29) is 5.11 Å². The molecule has 4 heteroatoms. The van der Waals surface area contributed by atoms with Gasteiger partial charge in [0.2, 0.25) is 0 Å². The number of pyridine rings is 1. The van der Waals surface area contributed by atoms with Gasteiger partial charge >= 0.3 is 0 Å². The Hall–Kier alpha value is -2.20. The van der Waals surface area contributed by atoms with Crippen LogP contribution in [0.25, 0.3) is 21.8 Å². The molecular formula is C14H13N3S. The smallest absolute Gasteiger partial charge is 0.160 e. The molecule has 2 aromatic carbocycles. The van der Waals surface area contributed by atoms with Gasteiger partial charge in [0, 0.05) is 10.8 Å². The fraction of sp³-hybridized carbons (Fsp3) is 0. The number of rotatable bonds is 0. The molecule has 0 aliphatic carbocycles. The second kappa shape index (κ2) is 5.42. The highest BCUT2D eigenvalue weighted by Crippen LogP contribution is 2.18. The third kappa shape index (κ3) is 2.93. The molecule has 3 rings (SSSR count). The molecule has 0 spiro atoms. The Kier molecular flexibility index (Phi) is 3.69. The fourth-order valence-electron chi connectivity index (χ4n) is 1.72. The predicted molar refractivity (Wildman–Crippen MR) is 80.2 cm³/mol. The van der Waals surface area contributed by atoms with Crippen molar-refractivity contribution in [2.24, 2.45) is 11.5 Å². The predicted octanol–water partition coefficient (Wildman–Crippen LogP) is 2.58. The van der Waals surface area contributed by atoms with Gasteiger partial charge in [0.15, 0.2) is 5.11 Å². The summed E-state index contributed by atoms with van der Waals surface area (Å²) in [5.74, 6) is 0. The van der Waals surface area contributed by atoms with Crippen molar-refractivity contribution in [3.8, 4) is 0 Å². The molecule has 0 fully saturated rings. The van der Waals surface area contributed by atoms with Gasteiger partial charge in [-0.2, -0.15) is 0 Å². The van der Waals surface area contributed by atoms with Crippen molar-refractivity contribution >= 4 is 39.1 Å². The van der Waals surface area contributed by atoms with Crippen LogP contribution in [0.4, 0.5) is 0 Å². The quantitative estimate of drug-likeness (QED) is 0.478. The minimum atomic E-state index is 0.000000000000000222. The molecular weight excluding hydrogens is 242 g/mol. The monoisotopic (exact) mass is 255 g/mol. The second-order valence-electron chi connectivity index (χ2n) is 3.78. The van der Waals surface area contributed by atoms with Crippen LogP contribution < -0.4 is 11.5 Å². The first-order chi connectivity index (χ1) is 8.66. The normalized spacial score (nSPS) is 9.78. The zero-order valence-corrected chi connectivity index (χ0v) is 10.5. The van der Waals surface area contributed by atoms with Gasteiger partial charge in [-0.3, -0.25) is 0 Å². The van der Waals surface area contributed by atoms with E-state index in [1.54, 1.807) is 0 Å². The Morgan fingerprint density at radius 3 is 1.67 bits per heavy atom. The molecule has 0 aliphatic rings. The number of aromatic nitrogens is 1. The van der Waals surface area contributed by atoms with Crippen molar-refractivity contribution in [3.63, 3.8) is 0 Å². The summed E-state index contributed by atoms with van der Waals surface area (Å²) < 4.78 is 0. The Morgan fingerprint density at radius 2 is 1.22 bits per heavy atom. The van der Waals surface area contributed by atoms with Crippen LogP contribution in [0, 0.1) is 0 Å². The summed E-state index contributed by atoms with van der Waals surface area (Å²) >= 11 is 4.09. The molecule has 0 aliphatic heterocycles. The van der Waals surface area contributed by atoms with Crippen LogP contribution in [0.5, 0.6) is 0 Å². The molecule has 1 aromatic heterocycles. The van der Waals surface area contributed by atoms with Gasteiger partial charge in [-0.15, -0.1) is 0 Å². The first-order valence-electron chi connectivity index (χ1n) is 5.46. The lowest BCUT2D eigenvalue weighted by atomic mass is 10.1. The fourth-order valence-corrected chi connectivity index (χ4v) is 1.72. The van der Waals surface area contributed by atoms with E-state index in [4.69, 9.17) is 0 Å². The minimum absolute atomic E-state index is 0.000000000000000222. The third-order valence-electron chi connectivity index (χ3n) is 2.43. The summed E-state index contributed by atoms with van der Waals surface area (Å²) in [7, 11) is 0. The third-order valence-corrected chi connectivity index (χ3v) is 2.43.